The van der Waals surface area contributed by atoms with Gasteiger partial charge < -0.3 is 10.8 Å². The number of nitrogens with two attached hydrogens (primary N) is 2. The molecule has 6 heteroatoms. The molecule has 6 N–H and O–H groups in total. The molecule has 6 nitrogen and oxygen atoms in total. The fraction of sp³-hybridized carbons (Fsp3) is 0.333. The van der Waals surface area contributed by atoms with Crippen molar-refractivity contribution in [2.75, 3.05) is 6.54 Å². The Labute approximate surface area is 106 Å². The largest absolute Gasteiger partial charge is 0.483 e. The lowest BCUT2D eigenvalue weighted by Gasteiger charge is -2.06. The van der Waals surface area contributed by atoms with E-state index < -0.39 is 0 Å². The normalized spacial score (nSPS) is 11.1. The van der Waals surface area contributed by atoms with Gasteiger partial charge in [0.25, 0.3) is 6.47 Å². The lowest BCUT2D eigenvalue weighted by molar-refractivity contribution is -0.122. The molecule has 0 spiro atoms. The molecule has 0 saturated heterocycles. The summed E-state index contributed by atoms with van der Waals surface area (Å²) < 4.78 is 0. The highest BCUT2D eigenvalue weighted by molar-refractivity contribution is 5.97. The average Bonchev–Trinajstić information content (AvgIpc) is 2.30. The van der Waals surface area contributed by atoms with Crippen LogP contribution in [0.25, 0.3) is 0 Å². The summed E-state index contributed by atoms with van der Waals surface area (Å²) in [6.07, 6.45) is 0.823. The monoisotopic (exact) mass is 253 g/mol. The minimum atomic E-state index is -0.250. The Kier molecular flexibility index (Phi) is 8.38. The predicted octanol–water partition coefficient (Wildman–Crippen LogP) is -0.0769. The first-order chi connectivity index (χ1) is 8.54. The number of carboxylic acid groups (broad SMARTS) is 1. The van der Waals surface area contributed by atoms with E-state index in [4.69, 9.17) is 21.5 Å². The van der Waals surface area contributed by atoms with E-state index in [0.717, 1.165) is 12.0 Å². The molecule has 1 aromatic rings. The number of nitrogens with one attached hydrogen (secondary N) is 1. The van der Waals surface area contributed by atoms with Crippen molar-refractivity contribution >= 4 is 12.3 Å². The van der Waals surface area contributed by atoms with Crippen LogP contribution in [0.15, 0.2) is 24.3 Å². The van der Waals surface area contributed by atoms with Gasteiger partial charge in [0, 0.05) is 11.6 Å². The molecule has 0 fully saturated rings. The van der Waals surface area contributed by atoms with Crippen LogP contribution in [0.5, 0.6) is 0 Å². The Morgan fingerprint density at radius 1 is 1.44 bits per heavy atom. The van der Waals surface area contributed by atoms with Gasteiger partial charge in [0.05, 0.1) is 6.54 Å². The number of hydrogen-bond acceptors (Lipinski definition) is 5. The zero-order valence-electron chi connectivity index (χ0n) is 10.3. The van der Waals surface area contributed by atoms with E-state index in [1.54, 1.807) is 12.1 Å². The maximum atomic E-state index is 11.4. The average molecular weight is 253 g/mol. The van der Waals surface area contributed by atoms with Crippen LogP contribution in [-0.4, -0.2) is 29.9 Å². The molecule has 18 heavy (non-hydrogen) atoms. The first-order valence-electron chi connectivity index (χ1n) is 5.44. The SMILES string of the molecule is CC(N)Cc1ccc(C(=O)CNN)cc1.O=CO. The van der Waals surface area contributed by atoms with Gasteiger partial charge in [-0.2, -0.15) is 0 Å². The number of carbonyl (C=O) groups is 2. The Morgan fingerprint density at radius 3 is 2.33 bits per heavy atom. The molecule has 0 amide bonds. The van der Waals surface area contributed by atoms with Crippen LogP contribution in [0.4, 0.5) is 0 Å². The van der Waals surface area contributed by atoms with Crippen LogP contribution >= 0.6 is 0 Å². The Hall–Kier alpha value is -1.76. The molecule has 0 heterocycles. The van der Waals surface area contributed by atoms with Crippen LogP contribution in [-0.2, 0) is 11.2 Å². The highest BCUT2D eigenvalue weighted by Crippen LogP contribution is 2.06. The summed E-state index contributed by atoms with van der Waals surface area (Å²) >= 11 is 0. The summed E-state index contributed by atoms with van der Waals surface area (Å²) in [5.41, 5.74) is 9.83. The summed E-state index contributed by atoms with van der Waals surface area (Å²) in [5.74, 6) is 5.07. The molecule has 1 atom stereocenters. The molecular formula is C12H19N3O3. The van der Waals surface area contributed by atoms with Crippen LogP contribution < -0.4 is 17.0 Å². The van der Waals surface area contributed by atoms with E-state index in [0.29, 0.717) is 5.56 Å². The molecule has 0 bridgehead atoms. The highest BCUT2D eigenvalue weighted by atomic mass is 16.3. The topological polar surface area (TPSA) is 118 Å². The number of benzene rings is 1. The fourth-order valence-corrected chi connectivity index (χ4v) is 1.39. The number of hydrogen-bond donors (Lipinski definition) is 4. The van der Waals surface area contributed by atoms with Crippen molar-refractivity contribution in [1.29, 1.82) is 0 Å². The maximum Gasteiger partial charge on any atom is 0.290 e. The van der Waals surface area contributed by atoms with Gasteiger partial charge in [-0.05, 0) is 18.9 Å². The van der Waals surface area contributed by atoms with E-state index in [1.807, 2.05) is 19.1 Å². The highest BCUT2D eigenvalue weighted by Gasteiger charge is 2.04. The van der Waals surface area contributed by atoms with Gasteiger partial charge in [0.15, 0.2) is 5.78 Å². The minimum absolute atomic E-state index is 0.00940. The van der Waals surface area contributed by atoms with Crippen LogP contribution in [0.3, 0.4) is 0 Å². The van der Waals surface area contributed by atoms with Crippen LogP contribution in [0.2, 0.25) is 0 Å². The Balaban J connectivity index is 0.000000873. The lowest BCUT2D eigenvalue weighted by atomic mass is 10.0. The standard InChI is InChI=1S/C11H17N3O.CH2O2/c1-8(12)6-9-2-4-10(5-3-9)11(15)7-14-13;2-1-3/h2-5,8,14H,6-7,12-13H2,1H3;1H,(H,2,3). The van der Waals surface area contributed by atoms with Crippen LogP contribution in [0, 0.1) is 0 Å². The Bertz CT molecular complexity index is 363. The van der Waals surface area contributed by atoms with Crippen molar-refractivity contribution in [3.05, 3.63) is 35.4 Å². The minimum Gasteiger partial charge on any atom is -0.483 e. The van der Waals surface area contributed by atoms with Gasteiger partial charge in [-0.3, -0.25) is 20.9 Å². The van der Waals surface area contributed by atoms with Gasteiger partial charge in [0.2, 0.25) is 0 Å². The lowest BCUT2D eigenvalue weighted by Crippen LogP contribution is -2.29. The molecule has 0 aliphatic heterocycles. The van der Waals surface area contributed by atoms with Crippen molar-refractivity contribution in [2.45, 2.75) is 19.4 Å². The molecule has 1 rings (SSSR count). The van der Waals surface area contributed by atoms with E-state index in [9.17, 15) is 4.79 Å². The molecule has 100 valence electrons. The van der Waals surface area contributed by atoms with E-state index in [1.165, 1.54) is 0 Å². The molecule has 0 saturated carbocycles. The second-order valence-corrected chi connectivity index (χ2v) is 3.79. The molecule has 0 radical (unpaired) electrons. The van der Waals surface area contributed by atoms with Crippen molar-refractivity contribution in [1.82, 2.24) is 5.43 Å². The Morgan fingerprint density at radius 2 is 1.94 bits per heavy atom. The van der Waals surface area contributed by atoms with Gasteiger partial charge >= 0.3 is 0 Å². The molecule has 1 aromatic carbocycles. The van der Waals surface area contributed by atoms with Crippen molar-refractivity contribution in [3.8, 4) is 0 Å². The van der Waals surface area contributed by atoms with Gasteiger partial charge in [-0.1, -0.05) is 24.3 Å². The zero-order chi connectivity index (χ0) is 14.0. The molecule has 0 aliphatic carbocycles. The van der Waals surface area contributed by atoms with Crippen LogP contribution in [0.1, 0.15) is 22.8 Å². The third-order valence-electron chi connectivity index (χ3n) is 2.10. The molecule has 0 aromatic heterocycles. The fourth-order valence-electron chi connectivity index (χ4n) is 1.39. The predicted molar refractivity (Wildman–Crippen MR) is 69.0 cm³/mol. The van der Waals surface area contributed by atoms with Crippen molar-refractivity contribution in [2.24, 2.45) is 11.6 Å². The molecule has 1 unspecified atom stereocenters. The number of Topliss-reactive ketones (excluding diaryl/α,β-unsaturated/α-hetero) is 1. The summed E-state index contributed by atoms with van der Waals surface area (Å²) in [7, 11) is 0. The second-order valence-electron chi connectivity index (χ2n) is 3.79. The van der Waals surface area contributed by atoms with E-state index in [-0.39, 0.29) is 24.8 Å². The van der Waals surface area contributed by atoms with Gasteiger partial charge in [-0.15, -0.1) is 0 Å². The van der Waals surface area contributed by atoms with E-state index in [2.05, 4.69) is 5.43 Å². The van der Waals surface area contributed by atoms with Crippen molar-refractivity contribution < 1.29 is 14.7 Å². The quantitative estimate of drug-likeness (QED) is 0.252. The summed E-state index contributed by atoms with van der Waals surface area (Å²) in [6.45, 7) is 1.87. The number of carbonyl (C=O) groups excluding carboxylic acids is 1. The summed E-state index contributed by atoms with van der Waals surface area (Å²) in [4.78, 5) is 19.8. The number of rotatable bonds is 5. The molecular weight excluding hydrogens is 234 g/mol. The summed E-state index contributed by atoms with van der Waals surface area (Å²) in [6, 6.07) is 7.59. The van der Waals surface area contributed by atoms with Crippen molar-refractivity contribution in [3.63, 3.8) is 0 Å². The van der Waals surface area contributed by atoms with Gasteiger partial charge in [-0.25, -0.2) is 0 Å². The summed E-state index contributed by atoms with van der Waals surface area (Å²) in [5, 5.41) is 6.89. The number of hydrazine groups is 1. The van der Waals surface area contributed by atoms with Gasteiger partial charge in [0.1, 0.15) is 0 Å². The zero-order valence-corrected chi connectivity index (χ0v) is 10.3. The first kappa shape index (κ1) is 16.2. The van der Waals surface area contributed by atoms with E-state index >= 15 is 0 Å². The third-order valence-corrected chi connectivity index (χ3v) is 2.10. The first-order valence-corrected chi connectivity index (χ1v) is 5.44. The molecule has 0 aliphatic rings. The second kappa shape index (κ2) is 9.29. The maximum absolute atomic E-state index is 11.4. The number of ketones is 1. The third kappa shape index (κ3) is 6.74. The smallest absolute Gasteiger partial charge is 0.290 e.